The maximum absolute atomic E-state index is 10.8. The molecule has 0 heterocycles. The molecule has 0 aliphatic heterocycles. The van der Waals surface area contributed by atoms with Gasteiger partial charge >= 0.3 is 6.03 Å². The van der Waals surface area contributed by atoms with Gasteiger partial charge in [0.1, 0.15) is 6.04 Å². The molecule has 0 saturated heterocycles. The van der Waals surface area contributed by atoms with Crippen LogP contribution in [0.3, 0.4) is 0 Å². The molecule has 5 heteroatoms. The van der Waals surface area contributed by atoms with Crippen molar-refractivity contribution in [1.29, 1.82) is 5.26 Å². The van der Waals surface area contributed by atoms with Crippen LogP contribution in [0.2, 0.25) is 0 Å². The maximum atomic E-state index is 10.8. The molecular formula is C7H13N3OS. The van der Waals surface area contributed by atoms with Crippen LogP contribution in [0.15, 0.2) is 0 Å². The van der Waals surface area contributed by atoms with Gasteiger partial charge in [-0.25, -0.2) is 4.79 Å². The Morgan fingerprint density at radius 3 is 2.83 bits per heavy atom. The molecule has 12 heavy (non-hydrogen) atoms. The second-order valence-electron chi connectivity index (χ2n) is 2.19. The zero-order chi connectivity index (χ0) is 9.40. The lowest BCUT2D eigenvalue weighted by Gasteiger charge is -2.09. The smallest absolute Gasteiger partial charge is 0.315 e. The van der Waals surface area contributed by atoms with Gasteiger partial charge in [-0.1, -0.05) is 0 Å². The normalized spacial score (nSPS) is 11.4. The van der Waals surface area contributed by atoms with Crippen molar-refractivity contribution in [3.8, 4) is 6.07 Å². The topological polar surface area (TPSA) is 64.9 Å². The van der Waals surface area contributed by atoms with E-state index in [1.165, 1.54) is 7.05 Å². The molecule has 0 bridgehead atoms. The predicted octanol–water partition coefficient (Wildman–Crippen LogP) is 0.561. The number of hydrogen-bond acceptors (Lipinski definition) is 3. The standard InChI is InChI=1S/C7H13N3OS/c1-9-7(11)10-6(5-8)3-4-12-2/h6H,3-4H2,1-2H3,(H2,9,10,11). The third kappa shape index (κ3) is 4.85. The summed E-state index contributed by atoms with van der Waals surface area (Å²) in [4.78, 5) is 10.8. The molecule has 4 nitrogen and oxygen atoms in total. The highest BCUT2D eigenvalue weighted by molar-refractivity contribution is 7.98. The lowest BCUT2D eigenvalue weighted by Crippen LogP contribution is -2.40. The molecule has 0 saturated carbocycles. The van der Waals surface area contributed by atoms with Crippen molar-refractivity contribution in [3.63, 3.8) is 0 Å². The molecule has 0 spiro atoms. The summed E-state index contributed by atoms with van der Waals surface area (Å²) in [7, 11) is 1.53. The number of carbonyl (C=O) groups excluding carboxylic acids is 1. The van der Waals surface area contributed by atoms with Crippen molar-refractivity contribution in [2.75, 3.05) is 19.1 Å². The fourth-order valence-corrected chi connectivity index (χ4v) is 1.11. The number of thioether (sulfide) groups is 1. The molecule has 0 rings (SSSR count). The Morgan fingerprint density at radius 2 is 2.42 bits per heavy atom. The zero-order valence-corrected chi connectivity index (χ0v) is 8.07. The highest BCUT2D eigenvalue weighted by atomic mass is 32.2. The summed E-state index contributed by atoms with van der Waals surface area (Å²) >= 11 is 1.66. The molecule has 0 aromatic rings. The summed E-state index contributed by atoms with van der Waals surface area (Å²) in [6.07, 6.45) is 2.65. The molecule has 2 amide bonds. The van der Waals surface area contributed by atoms with E-state index in [9.17, 15) is 4.79 Å². The SMILES string of the molecule is CNC(=O)NC(C#N)CCSC. The van der Waals surface area contributed by atoms with Gasteiger partial charge in [0.15, 0.2) is 0 Å². The fraction of sp³-hybridized carbons (Fsp3) is 0.714. The number of rotatable bonds is 4. The third-order valence-electron chi connectivity index (χ3n) is 1.30. The van der Waals surface area contributed by atoms with E-state index >= 15 is 0 Å². The van der Waals surface area contributed by atoms with Crippen LogP contribution in [0, 0.1) is 11.3 Å². The van der Waals surface area contributed by atoms with Crippen molar-refractivity contribution in [2.45, 2.75) is 12.5 Å². The van der Waals surface area contributed by atoms with E-state index in [-0.39, 0.29) is 12.1 Å². The first kappa shape index (κ1) is 11.1. The van der Waals surface area contributed by atoms with Gasteiger partial charge in [0, 0.05) is 7.05 Å². The molecule has 0 radical (unpaired) electrons. The van der Waals surface area contributed by atoms with Gasteiger partial charge in [-0.2, -0.15) is 17.0 Å². The first-order valence-corrected chi connectivity index (χ1v) is 5.00. The average molecular weight is 187 g/mol. The van der Waals surface area contributed by atoms with Gasteiger partial charge in [-0.15, -0.1) is 0 Å². The highest BCUT2D eigenvalue weighted by Gasteiger charge is 2.08. The minimum absolute atomic E-state index is 0.303. The monoisotopic (exact) mass is 187 g/mol. The van der Waals surface area contributed by atoms with E-state index in [1.54, 1.807) is 11.8 Å². The van der Waals surface area contributed by atoms with E-state index in [4.69, 9.17) is 5.26 Å². The Bertz CT molecular complexity index is 178. The van der Waals surface area contributed by atoms with Crippen molar-refractivity contribution in [3.05, 3.63) is 0 Å². The Hall–Kier alpha value is -0.890. The number of nitrogens with zero attached hydrogens (tertiary/aromatic N) is 1. The summed E-state index contributed by atoms with van der Waals surface area (Å²) < 4.78 is 0. The van der Waals surface area contributed by atoms with Crippen molar-refractivity contribution in [2.24, 2.45) is 0 Å². The lowest BCUT2D eigenvalue weighted by molar-refractivity contribution is 0.241. The van der Waals surface area contributed by atoms with Crippen LogP contribution in [-0.4, -0.2) is 31.1 Å². The van der Waals surface area contributed by atoms with Gasteiger partial charge in [-0.3, -0.25) is 0 Å². The van der Waals surface area contributed by atoms with Crippen molar-refractivity contribution in [1.82, 2.24) is 10.6 Å². The van der Waals surface area contributed by atoms with E-state index in [0.29, 0.717) is 6.42 Å². The van der Waals surface area contributed by atoms with Crippen LogP contribution < -0.4 is 10.6 Å². The van der Waals surface area contributed by atoms with Gasteiger partial charge < -0.3 is 10.6 Å². The molecule has 68 valence electrons. The van der Waals surface area contributed by atoms with E-state index < -0.39 is 0 Å². The Morgan fingerprint density at radius 1 is 1.75 bits per heavy atom. The van der Waals surface area contributed by atoms with Gasteiger partial charge in [0.2, 0.25) is 0 Å². The molecule has 0 aromatic carbocycles. The molecule has 2 N–H and O–H groups in total. The molecular weight excluding hydrogens is 174 g/mol. The summed E-state index contributed by atoms with van der Waals surface area (Å²) in [5.41, 5.74) is 0. The van der Waals surface area contributed by atoms with E-state index in [1.807, 2.05) is 12.3 Å². The van der Waals surface area contributed by atoms with Gasteiger partial charge in [0.25, 0.3) is 0 Å². The fourth-order valence-electron chi connectivity index (χ4n) is 0.635. The minimum Gasteiger partial charge on any atom is -0.341 e. The van der Waals surface area contributed by atoms with Crippen LogP contribution >= 0.6 is 11.8 Å². The lowest BCUT2D eigenvalue weighted by atomic mass is 10.2. The Kier molecular flexibility index (Phi) is 6.29. The quantitative estimate of drug-likeness (QED) is 0.676. The Labute approximate surface area is 76.7 Å². The Balaban J connectivity index is 3.69. The van der Waals surface area contributed by atoms with Gasteiger partial charge in [0.05, 0.1) is 6.07 Å². The number of hydrogen-bond donors (Lipinski definition) is 2. The predicted molar refractivity (Wildman–Crippen MR) is 50.0 cm³/mol. The highest BCUT2D eigenvalue weighted by Crippen LogP contribution is 1.99. The molecule has 1 unspecified atom stereocenters. The number of urea groups is 1. The van der Waals surface area contributed by atoms with Crippen molar-refractivity contribution < 1.29 is 4.79 Å². The summed E-state index contributed by atoms with van der Waals surface area (Å²) in [5.74, 6) is 0.877. The molecule has 0 fully saturated rings. The molecule has 0 aliphatic carbocycles. The number of nitrogens with one attached hydrogen (secondary N) is 2. The maximum Gasteiger partial charge on any atom is 0.315 e. The van der Waals surface area contributed by atoms with E-state index in [2.05, 4.69) is 10.6 Å². The van der Waals surface area contributed by atoms with Crippen LogP contribution in [0.4, 0.5) is 4.79 Å². The number of nitriles is 1. The number of carbonyl (C=O) groups is 1. The van der Waals surface area contributed by atoms with Crippen LogP contribution in [0.5, 0.6) is 0 Å². The second kappa shape index (κ2) is 6.80. The van der Waals surface area contributed by atoms with Crippen LogP contribution in [0.25, 0.3) is 0 Å². The zero-order valence-electron chi connectivity index (χ0n) is 7.26. The molecule has 0 aliphatic rings. The minimum atomic E-state index is -0.377. The van der Waals surface area contributed by atoms with E-state index in [0.717, 1.165) is 5.75 Å². The van der Waals surface area contributed by atoms with Crippen molar-refractivity contribution >= 4 is 17.8 Å². The third-order valence-corrected chi connectivity index (χ3v) is 1.94. The first-order valence-electron chi connectivity index (χ1n) is 3.61. The summed E-state index contributed by atoms with van der Waals surface area (Å²) in [5, 5.41) is 13.5. The largest absolute Gasteiger partial charge is 0.341 e. The second-order valence-corrected chi connectivity index (χ2v) is 3.17. The van der Waals surface area contributed by atoms with Gasteiger partial charge in [-0.05, 0) is 18.4 Å². The summed E-state index contributed by atoms with van der Waals surface area (Å²) in [6.45, 7) is 0. The average Bonchev–Trinajstić information content (AvgIpc) is 2.11. The molecule has 1 atom stereocenters. The first-order chi connectivity index (χ1) is 5.74. The summed E-state index contributed by atoms with van der Waals surface area (Å²) in [6, 6.07) is 1.34. The van der Waals surface area contributed by atoms with Crippen LogP contribution in [-0.2, 0) is 0 Å². The number of amides is 2. The van der Waals surface area contributed by atoms with Crippen LogP contribution in [0.1, 0.15) is 6.42 Å². The molecule has 0 aromatic heterocycles.